The maximum Gasteiger partial charge on any atom is 0.185 e. The lowest BCUT2D eigenvalue weighted by atomic mass is 10.7. The average molecular weight is 109 g/mol. The molecule has 4 heteroatoms. The number of alkyl halides is 1. The van der Waals surface area contributed by atoms with Gasteiger partial charge in [0.05, 0.1) is 0 Å². The monoisotopic (exact) mass is 108 g/mol. The molecule has 0 aromatic rings. The molecule has 6 heavy (non-hydrogen) atoms. The first-order chi connectivity index (χ1) is 2.64. The van der Waals surface area contributed by atoms with Gasteiger partial charge in [0.15, 0.2) is 5.56 Å². The van der Waals surface area contributed by atoms with Gasteiger partial charge in [-0.1, -0.05) is 11.6 Å². The predicted molar refractivity (Wildman–Crippen MR) is 23.8 cm³/mol. The summed E-state index contributed by atoms with van der Waals surface area (Å²) in [6, 6.07) is 0. The van der Waals surface area contributed by atoms with Gasteiger partial charge in [0.1, 0.15) is 5.84 Å². The van der Waals surface area contributed by atoms with Crippen molar-refractivity contribution in [2.75, 3.05) is 0 Å². The van der Waals surface area contributed by atoms with Gasteiger partial charge in [0, 0.05) is 0 Å². The molecule has 0 aromatic heterocycles. The van der Waals surface area contributed by atoms with Crippen LogP contribution < -0.4 is 5.73 Å². The molecule has 0 radical (unpaired) electrons. The van der Waals surface area contributed by atoms with Crippen LogP contribution in [0.5, 0.6) is 0 Å². The minimum absolute atomic E-state index is 0.420. The number of aliphatic hydroxyl groups excluding tert-OH is 1. The summed E-state index contributed by atoms with van der Waals surface area (Å²) in [6.07, 6.45) is 0. The van der Waals surface area contributed by atoms with Crippen LogP contribution in [0.3, 0.4) is 0 Å². The Morgan fingerprint density at radius 2 is 2.17 bits per heavy atom. The zero-order valence-electron chi connectivity index (χ0n) is 2.98. The van der Waals surface area contributed by atoms with Crippen LogP contribution in [0.15, 0.2) is 0 Å². The molecule has 0 aliphatic heterocycles. The molecule has 0 spiro atoms. The number of rotatable bonds is 1. The Hall–Kier alpha value is -0.280. The van der Waals surface area contributed by atoms with Crippen LogP contribution in [0.4, 0.5) is 0 Å². The van der Waals surface area contributed by atoms with Crippen molar-refractivity contribution in [2.45, 2.75) is 5.56 Å². The second-order valence-corrected chi connectivity index (χ2v) is 1.20. The molecule has 0 saturated heterocycles. The molecule has 0 aliphatic carbocycles. The first-order valence-corrected chi connectivity index (χ1v) is 1.74. The van der Waals surface area contributed by atoms with Gasteiger partial charge in [-0.05, 0) is 0 Å². The van der Waals surface area contributed by atoms with E-state index in [-0.39, 0.29) is 0 Å². The van der Waals surface area contributed by atoms with Crippen LogP contribution in [0.2, 0.25) is 0 Å². The van der Waals surface area contributed by atoms with E-state index in [1.165, 1.54) is 0 Å². The van der Waals surface area contributed by atoms with E-state index in [4.69, 9.17) is 22.1 Å². The van der Waals surface area contributed by atoms with Gasteiger partial charge in [-0.15, -0.1) is 0 Å². The second-order valence-electron chi connectivity index (χ2n) is 0.791. The van der Waals surface area contributed by atoms with Crippen molar-refractivity contribution in [2.24, 2.45) is 5.73 Å². The normalized spacial score (nSPS) is 13.7. The van der Waals surface area contributed by atoms with Crippen LogP contribution in [0.1, 0.15) is 0 Å². The van der Waals surface area contributed by atoms with Crippen molar-refractivity contribution < 1.29 is 5.11 Å². The van der Waals surface area contributed by atoms with Crippen LogP contribution in [0.25, 0.3) is 0 Å². The third-order valence-corrected chi connectivity index (χ3v) is 0.492. The molecule has 0 bridgehead atoms. The minimum Gasteiger partial charge on any atom is -0.384 e. The largest absolute Gasteiger partial charge is 0.384 e. The SMILES string of the molecule is N=C(N)C(O)Cl. The van der Waals surface area contributed by atoms with Crippen LogP contribution in [-0.2, 0) is 0 Å². The number of nitrogens with one attached hydrogen (secondary N) is 1. The summed E-state index contributed by atoms with van der Waals surface area (Å²) >= 11 is 4.82. The third-order valence-electron chi connectivity index (χ3n) is 0.257. The lowest BCUT2D eigenvalue weighted by Crippen LogP contribution is -2.21. The summed E-state index contributed by atoms with van der Waals surface area (Å²) in [5, 5.41) is 14.4. The third kappa shape index (κ3) is 1.99. The number of nitrogens with two attached hydrogens (primary N) is 1. The fraction of sp³-hybridized carbons (Fsp3) is 0.500. The van der Waals surface area contributed by atoms with E-state index < -0.39 is 11.4 Å². The minimum atomic E-state index is -1.31. The van der Waals surface area contributed by atoms with Gasteiger partial charge in [-0.2, -0.15) is 0 Å². The average Bonchev–Trinajstić information content (AvgIpc) is 1.36. The van der Waals surface area contributed by atoms with Crippen molar-refractivity contribution in [3.05, 3.63) is 0 Å². The molecule has 4 N–H and O–H groups in total. The number of halogens is 1. The van der Waals surface area contributed by atoms with Crippen molar-refractivity contribution in [1.82, 2.24) is 0 Å². The van der Waals surface area contributed by atoms with Crippen LogP contribution in [0, 0.1) is 5.41 Å². The van der Waals surface area contributed by atoms with Crippen LogP contribution in [-0.4, -0.2) is 16.5 Å². The van der Waals surface area contributed by atoms with Gasteiger partial charge in [0.2, 0.25) is 0 Å². The highest BCUT2D eigenvalue weighted by atomic mass is 35.5. The van der Waals surface area contributed by atoms with Crippen molar-refractivity contribution in [3.8, 4) is 0 Å². The van der Waals surface area contributed by atoms with Gasteiger partial charge < -0.3 is 10.8 Å². The molecule has 1 unspecified atom stereocenters. The molecule has 3 nitrogen and oxygen atoms in total. The zero-order chi connectivity index (χ0) is 5.15. The molecule has 0 aromatic carbocycles. The maximum absolute atomic E-state index is 8.05. The Balaban J connectivity index is 3.26. The lowest BCUT2D eigenvalue weighted by Gasteiger charge is -1.92. The predicted octanol–water partition coefficient (Wildman–Crippen LogP) is -0.520. The van der Waals surface area contributed by atoms with Crippen molar-refractivity contribution in [3.63, 3.8) is 0 Å². The highest BCUT2D eigenvalue weighted by Gasteiger charge is 1.96. The van der Waals surface area contributed by atoms with Crippen molar-refractivity contribution in [1.29, 1.82) is 5.41 Å². The van der Waals surface area contributed by atoms with Gasteiger partial charge >= 0.3 is 0 Å². The lowest BCUT2D eigenvalue weighted by molar-refractivity contribution is 0.317. The Kier molecular flexibility index (Phi) is 1.90. The van der Waals surface area contributed by atoms with E-state index in [1.807, 2.05) is 0 Å². The summed E-state index contributed by atoms with van der Waals surface area (Å²) in [4.78, 5) is 0. The van der Waals surface area contributed by atoms with Crippen LogP contribution >= 0.6 is 11.6 Å². The van der Waals surface area contributed by atoms with Gasteiger partial charge in [-0.25, -0.2) is 0 Å². The summed E-state index contributed by atoms with van der Waals surface area (Å²) in [5.74, 6) is -0.420. The smallest absolute Gasteiger partial charge is 0.185 e. The number of hydrogen-bond donors (Lipinski definition) is 3. The Morgan fingerprint density at radius 3 is 2.17 bits per heavy atom. The summed E-state index contributed by atoms with van der Waals surface area (Å²) < 4.78 is 0. The maximum atomic E-state index is 8.05. The molecule has 0 fully saturated rings. The fourth-order valence-electron chi connectivity index (χ4n) is 0. The molecular weight excluding hydrogens is 103 g/mol. The molecule has 1 atom stereocenters. The Labute approximate surface area is 40.2 Å². The summed E-state index contributed by atoms with van der Waals surface area (Å²) in [6.45, 7) is 0. The first kappa shape index (κ1) is 5.72. The Bertz CT molecular complexity index is 62.6. The number of aliphatic hydroxyl groups is 1. The van der Waals surface area contributed by atoms with Crippen molar-refractivity contribution >= 4 is 17.4 Å². The van der Waals surface area contributed by atoms with E-state index >= 15 is 0 Å². The molecule has 0 rings (SSSR count). The summed E-state index contributed by atoms with van der Waals surface area (Å²) in [7, 11) is 0. The summed E-state index contributed by atoms with van der Waals surface area (Å²) in [5.41, 5.74) is 3.32. The van der Waals surface area contributed by atoms with E-state index in [9.17, 15) is 0 Å². The molecule has 0 amide bonds. The van der Waals surface area contributed by atoms with E-state index in [1.54, 1.807) is 0 Å². The zero-order valence-corrected chi connectivity index (χ0v) is 3.74. The second kappa shape index (κ2) is 2.00. The first-order valence-electron chi connectivity index (χ1n) is 1.30. The standard InChI is InChI=1S/C2H5ClN2O/c3-1(6)2(4)5/h1,6H,(H3,4,5). The Morgan fingerprint density at radius 1 is 2.00 bits per heavy atom. The van der Waals surface area contributed by atoms with E-state index in [0.29, 0.717) is 0 Å². The molecule has 0 saturated carbocycles. The quantitative estimate of drug-likeness (QED) is 0.240. The highest BCUT2D eigenvalue weighted by Crippen LogP contribution is 1.83. The number of amidine groups is 1. The van der Waals surface area contributed by atoms with E-state index in [2.05, 4.69) is 5.73 Å². The number of hydrogen-bond acceptors (Lipinski definition) is 2. The molecule has 0 heterocycles. The highest BCUT2D eigenvalue weighted by molar-refractivity contribution is 6.29. The molecule has 0 aliphatic rings. The molecular formula is C2H5ClN2O. The van der Waals surface area contributed by atoms with E-state index in [0.717, 1.165) is 0 Å². The van der Waals surface area contributed by atoms with Gasteiger partial charge in [0.25, 0.3) is 0 Å². The molecule has 36 valence electrons. The topological polar surface area (TPSA) is 70.1 Å². The fourth-order valence-corrected chi connectivity index (χ4v) is 0. The van der Waals surface area contributed by atoms with Gasteiger partial charge in [-0.3, -0.25) is 5.41 Å².